The van der Waals surface area contributed by atoms with E-state index in [4.69, 9.17) is 14.2 Å². The molecule has 49 heavy (non-hydrogen) atoms. The lowest BCUT2D eigenvalue weighted by molar-refractivity contribution is -0.0583. The molecule has 1 aliphatic carbocycles. The van der Waals surface area contributed by atoms with Crippen LogP contribution in [0.1, 0.15) is 46.4 Å². The summed E-state index contributed by atoms with van der Waals surface area (Å²) in [4.78, 5) is 36.7. The highest BCUT2D eigenvalue weighted by atomic mass is 19.3. The molecule has 0 aliphatic heterocycles. The van der Waals surface area contributed by atoms with Crippen LogP contribution >= 0.6 is 0 Å². The molecular weight excluding hydrogens is 668 g/mol. The lowest BCUT2D eigenvalue weighted by Crippen LogP contribution is -2.31. The maximum atomic E-state index is 13.6. The quantitative estimate of drug-likeness (QED) is 0.0686. The van der Waals surface area contributed by atoms with Crippen molar-refractivity contribution in [3.8, 4) is 28.8 Å². The average Bonchev–Trinajstić information content (AvgIpc) is 3.07. The van der Waals surface area contributed by atoms with Crippen LogP contribution in [0.5, 0.6) is 17.6 Å². The number of fused-ring (bicyclic) bond motifs is 1. The molecule has 1 amide bonds. The third-order valence-electron chi connectivity index (χ3n) is 7.38. The van der Waals surface area contributed by atoms with Gasteiger partial charge in [-0.3, -0.25) is 15.0 Å². The molecule has 0 spiro atoms. The van der Waals surface area contributed by atoms with Crippen molar-refractivity contribution < 1.29 is 60.5 Å². The molecule has 260 valence electrons. The molecule has 2 heterocycles. The SMILES string of the molecule is O=C(O)c1cc(Nc2c(C(=O)NO)cnc3cc(-c4cnc(OCC(F)F)nc4OCC(F)F)ccc23)ccc1OC1CCC(F)(F)CC1. The first-order chi connectivity index (χ1) is 23.3. The molecule has 0 unspecified atom stereocenters. The van der Waals surface area contributed by atoms with Gasteiger partial charge in [0.1, 0.15) is 11.3 Å². The van der Waals surface area contributed by atoms with Gasteiger partial charge in [0.2, 0.25) is 11.8 Å². The highest BCUT2D eigenvalue weighted by Gasteiger charge is 2.36. The number of carboxylic acid groups (broad SMARTS) is 1. The summed E-state index contributed by atoms with van der Waals surface area (Å²) in [5.74, 6) is -5.56. The van der Waals surface area contributed by atoms with E-state index in [0.717, 1.165) is 12.4 Å². The minimum absolute atomic E-state index is 0.0384. The predicted octanol–water partition coefficient (Wildman–Crippen LogP) is 6.50. The molecule has 2 aromatic carbocycles. The Morgan fingerprint density at radius 1 is 0.939 bits per heavy atom. The Hall–Kier alpha value is -5.39. The maximum absolute atomic E-state index is 13.6. The van der Waals surface area contributed by atoms with E-state index in [-0.39, 0.29) is 81.8 Å². The molecule has 18 heteroatoms. The van der Waals surface area contributed by atoms with Crippen LogP contribution < -0.4 is 25.0 Å². The molecule has 1 saturated carbocycles. The van der Waals surface area contributed by atoms with Crippen molar-refractivity contribution in [1.82, 2.24) is 20.4 Å². The van der Waals surface area contributed by atoms with Crippen LogP contribution in [0.4, 0.5) is 37.7 Å². The molecule has 0 bridgehead atoms. The lowest BCUT2D eigenvalue weighted by Gasteiger charge is -2.29. The van der Waals surface area contributed by atoms with Gasteiger partial charge < -0.3 is 24.6 Å². The van der Waals surface area contributed by atoms with Crippen molar-refractivity contribution in [3.05, 3.63) is 59.9 Å². The number of carboxylic acids is 1. The fourth-order valence-electron chi connectivity index (χ4n) is 5.07. The normalized spacial score (nSPS) is 14.6. The Morgan fingerprint density at radius 2 is 1.65 bits per heavy atom. The van der Waals surface area contributed by atoms with Gasteiger partial charge in [0, 0.05) is 36.3 Å². The summed E-state index contributed by atoms with van der Waals surface area (Å²) in [5.41, 5.74) is 1.87. The number of amides is 1. The van der Waals surface area contributed by atoms with Gasteiger partial charge >= 0.3 is 12.0 Å². The smallest absolute Gasteiger partial charge is 0.339 e. The second kappa shape index (κ2) is 14.8. The number of hydrogen-bond acceptors (Lipinski definition) is 10. The Morgan fingerprint density at radius 3 is 2.33 bits per heavy atom. The van der Waals surface area contributed by atoms with Crippen molar-refractivity contribution in [2.45, 2.75) is 50.6 Å². The van der Waals surface area contributed by atoms with Crippen LogP contribution in [0, 0.1) is 0 Å². The van der Waals surface area contributed by atoms with Crippen molar-refractivity contribution >= 4 is 34.2 Å². The van der Waals surface area contributed by atoms with Crippen LogP contribution in [0.15, 0.2) is 48.8 Å². The Labute approximate surface area is 273 Å². The molecular formula is C31H27F6N5O7. The zero-order chi connectivity index (χ0) is 35.3. The second-order valence-corrected chi connectivity index (χ2v) is 10.8. The summed E-state index contributed by atoms with van der Waals surface area (Å²) in [6, 6.07) is 7.89. The summed E-state index contributed by atoms with van der Waals surface area (Å²) < 4.78 is 94.0. The largest absolute Gasteiger partial charge is 0.490 e. The van der Waals surface area contributed by atoms with Gasteiger partial charge in [-0.25, -0.2) is 41.6 Å². The first kappa shape index (κ1) is 34.9. The number of hydroxylamine groups is 1. The molecule has 0 saturated heterocycles. The summed E-state index contributed by atoms with van der Waals surface area (Å²) in [7, 11) is 0. The number of aromatic nitrogens is 3. The van der Waals surface area contributed by atoms with E-state index in [1.807, 2.05) is 0 Å². The van der Waals surface area contributed by atoms with E-state index in [0.29, 0.717) is 0 Å². The van der Waals surface area contributed by atoms with Crippen LogP contribution in [0.2, 0.25) is 0 Å². The van der Waals surface area contributed by atoms with Crippen molar-refractivity contribution in [2.24, 2.45) is 0 Å². The van der Waals surface area contributed by atoms with Crippen LogP contribution in [-0.4, -0.2) is 75.2 Å². The molecule has 4 N–H and O–H groups in total. The third-order valence-corrected chi connectivity index (χ3v) is 7.38. The summed E-state index contributed by atoms with van der Waals surface area (Å²) in [6.07, 6.45) is -4.80. The number of anilines is 2. The van der Waals surface area contributed by atoms with Gasteiger partial charge in [-0.05, 0) is 42.7 Å². The summed E-state index contributed by atoms with van der Waals surface area (Å²) in [5, 5.41) is 22.5. The molecule has 0 atom stereocenters. The fourth-order valence-corrected chi connectivity index (χ4v) is 5.07. The number of pyridine rings is 1. The van der Waals surface area contributed by atoms with Gasteiger partial charge in [0.05, 0.1) is 28.4 Å². The van der Waals surface area contributed by atoms with E-state index in [1.165, 1.54) is 41.9 Å². The van der Waals surface area contributed by atoms with E-state index >= 15 is 0 Å². The summed E-state index contributed by atoms with van der Waals surface area (Å²) >= 11 is 0. The zero-order valence-corrected chi connectivity index (χ0v) is 25.1. The van der Waals surface area contributed by atoms with Gasteiger partial charge in [-0.2, -0.15) is 4.98 Å². The number of alkyl halides is 6. The molecule has 1 aliphatic rings. The van der Waals surface area contributed by atoms with E-state index in [1.54, 1.807) is 0 Å². The first-order valence-electron chi connectivity index (χ1n) is 14.6. The maximum Gasteiger partial charge on any atom is 0.339 e. The number of carbonyl (C=O) groups excluding carboxylic acids is 1. The molecule has 1 fully saturated rings. The minimum atomic E-state index is -2.89. The molecule has 2 aromatic heterocycles. The highest BCUT2D eigenvalue weighted by Crippen LogP contribution is 2.38. The molecule has 0 radical (unpaired) electrons. The van der Waals surface area contributed by atoms with Crippen LogP contribution in [-0.2, 0) is 0 Å². The predicted molar refractivity (Wildman–Crippen MR) is 160 cm³/mol. The van der Waals surface area contributed by atoms with Gasteiger partial charge in [-0.1, -0.05) is 12.1 Å². The topological polar surface area (TPSA) is 165 Å². The van der Waals surface area contributed by atoms with Crippen molar-refractivity contribution in [3.63, 3.8) is 0 Å². The monoisotopic (exact) mass is 695 g/mol. The second-order valence-electron chi connectivity index (χ2n) is 10.8. The highest BCUT2D eigenvalue weighted by molar-refractivity contribution is 6.08. The number of nitrogens with zero attached hydrogens (tertiary/aromatic N) is 3. The number of aromatic carboxylic acids is 1. The lowest BCUT2D eigenvalue weighted by atomic mass is 9.94. The van der Waals surface area contributed by atoms with E-state index in [9.17, 15) is 46.2 Å². The molecule has 5 rings (SSSR count). The fraction of sp³-hybridized carbons (Fsp3) is 0.323. The molecule has 4 aromatic rings. The van der Waals surface area contributed by atoms with Crippen molar-refractivity contribution in [1.29, 1.82) is 0 Å². The van der Waals surface area contributed by atoms with Crippen molar-refractivity contribution in [2.75, 3.05) is 18.5 Å². The minimum Gasteiger partial charge on any atom is -0.490 e. The number of nitrogens with one attached hydrogen (secondary N) is 2. The van der Waals surface area contributed by atoms with Crippen LogP contribution in [0.3, 0.4) is 0 Å². The Kier molecular flexibility index (Phi) is 10.5. The molecule has 12 nitrogen and oxygen atoms in total. The van der Waals surface area contributed by atoms with Crippen LogP contribution in [0.25, 0.3) is 22.0 Å². The number of hydrogen-bond donors (Lipinski definition) is 4. The van der Waals surface area contributed by atoms with E-state index in [2.05, 4.69) is 20.3 Å². The Balaban J connectivity index is 1.50. The number of benzene rings is 2. The number of halogens is 6. The number of rotatable bonds is 13. The Bertz CT molecular complexity index is 1840. The number of ether oxygens (including phenoxy) is 3. The summed E-state index contributed by atoms with van der Waals surface area (Å²) in [6.45, 7) is -2.12. The zero-order valence-electron chi connectivity index (χ0n) is 25.1. The first-order valence-corrected chi connectivity index (χ1v) is 14.6. The van der Waals surface area contributed by atoms with E-state index < -0.39 is 56.0 Å². The van der Waals surface area contributed by atoms with Gasteiger partial charge in [0.25, 0.3) is 18.8 Å². The van der Waals surface area contributed by atoms with Gasteiger partial charge in [-0.15, -0.1) is 0 Å². The average molecular weight is 696 g/mol. The number of carbonyl (C=O) groups is 2. The third kappa shape index (κ3) is 8.56. The standard InChI is InChI=1S/C31H27F6N5O7/c32-24(33)13-47-28-20(11-39-30(41-28)48-14-25(34)35)15-1-3-18-22(9-15)38-12-21(27(43)42-46)26(18)40-16-2-4-23(19(10-16)29(44)45)49-17-5-7-31(36,37)8-6-17/h1-4,9-12,17,24-25,46H,5-8,13-14H2,(H,38,40)(H,42,43)(H,44,45). The van der Waals surface area contributed by atoms with Gasteiger partial charge in [0.15, 0.2) is 13.2 Å².